The number of aliphatic carboxylic acids is 3. The second-order valence-corrected chi connectivity index (χ2v) is 19.6. The predicted octanol–water partition coefficient (Wildman–Crippen LogP) is -7.85. The topological polar surface area (TPSA) is 496 Å². The van der Waals surface area contributed by atoms with E-state index in [-0.39, 0.29) is 45.2 Å². The first kappa shape index (κ1) is 64.3. The summed E-state index contributed by atoms with van der Waals surface area (Å²) in [6, 6.07) is -17.3. The van der Waals surface area contributed by atoms with Gasteiger partial charge in [0.2, 0.25) is 70.9 Å². The Labute approximate surface area is 447 Å². The molecule has 17 N–H and O–H groups in total. The number of likely N-dealkylation sites (N-methyl/N-ethyl adjacent to an activating group) is 1. The lowest BCUT2D eigenvalue weighted by molar-refractivity contribution is -0.149. The number of fused-ring (bicyclic) bond motifs is 2. The van der Waals surface area contributed by atoms with Crippen LogP contribution >= 0.6 is 0 Å². The van der Waals surface area contributed by atoms with Crippen LogP contribution in [0.3, 0.4) is 0 Å². The minimum Gasteiger partial charge on any atom is -0.481 e. The molecule has 0 radical (unpaired) electrons. The molecule has 3 aliphatic heterocycles. The second kappa shape index (κ2) is 29.5. The molecule has 434 valence electrons. The molecule has 3 aliphatic rings. The van der Waals surface area contributed by atoms with Crippen molar-refractivity contribution in [1.82, 2.24) is 63.0 Å². The van der Waals surface area contributed by atoms with Gasteiger partial charge in [-0.25, -0.2) is 0 Å². The molecule has 0 aromatic carbocycles. The van der Waals surface area contributed by atoms with Gasteiger partial charge < -0.3 is 89.8 Å². The molecule has 0 saturated carbocycles. The molecular weight excluding hydrogens is 1040 g/mol. The average Bonchev–Trinajstić information content (AvgIpc) is 3.87. The van der Waals surface area contributed by atoms with Gasteiger partial charge in [0.1, 0.15) is 48.3 Å². The van der Waals surface area contributed by atoms with E-state index in [0.29, 0.717) is 0 Å². The standard InChI is InChI=1S/C46H72N14O18/c1-19(2)33-44(75)60-13-9-11-27(60)40(71)52-22(5)36(58-39(70)23(49-6)14-28(48)61)45(76)59-12-8-7-10-26(59)41(72)57-34(20(3)46(77)78)42(73)54-25(16-32(66)67)38(69)50-17-29(62)53-24(15-31(64)65)37(68)51-18-30(63)55-35(21(4)47)43(74)56-33/h19-27,33-36,49H,7-18,47H2,1-6H3,(H2,48,61)(H,50,69)(H,51,68)(H,52,71)(H,53,62)(H,54,73)(H,55,63)(H,56,74)(H,57,72)(H,58,70)(H,64,65)(H,66,67)(H,77,78)/t20?,21?,22-,23+,24?,25+,26-,27+,33+,34+,35-,36?/m1/s1. The number of nitrogens with two attached hydrogens (primary N) is 2. The number of piperidine rings is 1. The van der Waals surface area contributed by atoms with E-state index in [9.17, 15) is 87.2 Å². The third-order valence-corrected chi connectivity index (χ3v) is 13.1. The minimum atomic E-state index is -2.09. The lowest BCUT2D eigenvalue weighted by Crippen LogP contribution is -2.66. The maximum Gasteiger partial charge on any atom is 0.308 e. The number of carbonyl (C=O) groups excluding carboxylic acids is 12. The molecular formula is C46H72N14O18. The summed E-state index contributed by atoms with van der Waals surface area (Å²) in [5, 5.41) is 52.4. The highest BCUT2D eigenvalue weighted by molar-refractivity contribution is 6.01. The van der Waals surface area contributed by atoms with E-state index in [1.807, 2.05) is 10.6 Å². The number of rotatable bonds is 13. The number of carboxylic acids is 3. The highest BCUT2D eigenvalue weighted by Gasteiger charge is 2.45. The number of hydrogen-bond donors (Lipinski definition) is 15. The van der Waals surface area contributed by atoms with Crippen LogP contribution in [0.2, 0.25) is 0 Å². The van der Waals surface area contributed by atoms with E-state index >= 15 is 0 Å². The van der Waals surface area contributed by atoms with Crippen molar-refractivity contribution in [2.45, 2.75) is 152 Å². The van der Waals surface area contributed by atoms with Gasteiger partial charge in [0.25, 0.3) is 0 Å². The largest absolute Gasteiger partial charge is 0.481 e. The first-order chi connectivity index (χ1) is 36.5. The van der Waals surface area contributed by atoms with Gasteiger partial charge >= 0.3 is 17.9 Å². The zero-order valence-corrected chi connectivity index (χ0v) is 44.0. The van der Waals surface area contributed by atoms with Crippen LogP contribution in [0.25, 0.3) is 0 Å². The monoisotopic (exact) mass is 1110 g/mol. The predicted molar refractivity (Wildman–Crippen MR) is 266 cm³/mol. The van der Waals surface area contributed by atoms with Crippen molar-refractivity contribution in [3.05, 3.63) is 0 Å². The Morgan fingerprint density at radius 3 is 1.62 bits per heavy atom. The van der Waals surface area contributed by atoms with Crippen molar-refractivity contribution in [2.75, 3.05) is 33.2 Å². The summed E-state index contributed by atoms with van der Waals surface area (Å²) in [6.07, 6.45) is -2.00. The summed E-state index contributed by atoms with van der Waals surface area (Å²) < 4.78 is 0. The van der Waals surface area contributed by atoms with Crippen LogP contribution in [-0.4, -0.2) is 214 Å². The summed E-state index contributed by atoms with van der Waals surface area (Å²) in [7, 11) is 1.33. The van der Waals surface area contributed by atoms with E-state index in [4.69, 9.17) is 11.5 Å². The number of nitrogens with zero attached hydrogens (tertiary/aromatic N) is 2. The number of carbonyl (C=O) groups is 15. The Bertz CT molecular complexity index is 2330. The Morgan fingerprint density at radius 2 is 1.10 bits per heavy atom. The molecule has 78 heavy (non-hydrogen) atoms. The first-order valence-corrected chi connectivity index (χ1v) is 25.1. The first-order valence-electron chi connectivity index (χ1n) is 25.1. The van der Waals surface area contributed by atoms with Crippen LogP contribution in [-0.2, 0) is 71.9 Å². The molecule has 3 heterocycles. The fourth-order valence-corrected chi connectivity index (χ4v) is 8.80. The molecule has 3 saturated heterocycles. The molecule has 0 aromatic heterocycles. The van der Waals surface area contributed by atoms with Gasteiger partial charge in [-0.1, -0.05) is 13.8 Å². The van der Waals surface area contributed by atoms with Gasteiger partial charge in [0, 0.05) is 19.1 Å². The normalized spacial score (nSPS) is 27.5. The Balaban J connectivity index is 2.18. The zero-order chi connectivity index (χ0) is 58.9. The van der Waals surface area contributed by atoms with Crippen molar-refractivity contribution in [3.63, 3.8) is 0 Å². The number of hydrogen-bond acceptors (Lipinski definition) is 17. The fourth-order valence-electron chi connectivity index (χ4n) is 8.80. The van der Waals surface area contributed by atoms with Gasteiger partial charge in [0.05, 0.1) is 50.4 Å². The van der Waals surface area contributed by atoms with Crippen molar-refractivity contribution in [3.8, 4) is 0 Å². The number of carboxylic acid groups (broad SMARTS) is 3. The smallest absolute Gasteiger partial charge is 0.308 e. The molecule has 0 bridgehead atoms. The SMILES string of the molecule is CN[C@@H](CC(N)=O)C(=O)NC1C(=O)N2CCCC[C@@H]2C(=O)N[C@@H](C(C)C(=O)O)C(=O)N[C@@H](CC(=O)O)C(=O)NCC(=O)NC(CC(=O)O)C(=O)NCC(=O)N[C@H](C(C)N)C(=O)N[C@@H](C(C)C)C(=O)N2CCC[C@H]2C(=O)N[C@@H]1C. The molecule has 12 amide bonds. The lowest BCUT2D eigenvalue weighted by Gasteiger charge is -2.39. The molecule has 3 fully saturated rings. The van der Waals surface area contributed by atoms with E-state index < -0.39 is 199 Å². The summed E-state index contributed by atoms with van der Waals surface area (Å²) in [4.78, 5) is 202. The summed E-state index contributed by atoms with van der Waals surface area (Å²) in [5.41, 5.74) is 11.4. The number of amides is 12. The molecule has 0 aromatic rings. The Hall–Kier alpha value is -8.03. The van der Waals surface area contributed by atoms with Gasteiger partial charge in [0.15, 0.2) is 0 Å². The fraction of sp³-hybridized carbons (Fsp3) is 0.674. The Kier molecular flexibility index (Phi) is 24.3. The molecule has 4 unspecified atom stereocenters. The van der Waals surface area contributed by atoms with Gasteiger partial charge in [-0.05, 0) is 65.8 Å². The van der Waals surface area contributed by atoms with Gasteiger partial charge in [-0.2, -0.15) is 0 Å². The van der Waals surface area contributed by atoms with Gasteiger partial charge in [-0.15, -0.1) is 0 Å². The molecule has 0 spiro atoms. The van der Waals surface area contributed by atoms with Crippen molar-refractivity contribution in [1.29, 1.82) is 0 Å². The molecule has 0 aliphatic carbocycles. The van der Waals surface area contributed by atoms with Crippen LogP contribution < -0.4 is 64.6 Å². The van der Waals surface area contributed by atoms with Crippen LogP contribution in [0.4, 0.5) is 0 Å². The van der Waals surface area contributed by atoms with Crippen molar-refractivity contribution in [2.24, 2.45) is 23.3 Å². The van der Waals surface area contributed by atoms with E-state index in [1.54, 1.807) is 13.8 Å². The summed E-state index contributed by atoms with van der Waals surface area (Å²) in [6.45, 7) is 4.65. The molecule has 32 heteroatoms. The molecule has 12 atom stereocenters. The summed E-state index contributed by atoms with van der Waals surface area (Å²) in [5.74, 6) is -20.2. The van der Waals surface area contributed by atoms with Crippen LogP contribution in [0.1, 0.15) is 86.0 Å². The van der Waals surface area contributed by atoms with E-state index in [1.165, 1.54) is 25.8 Å². The van der Waals surface area contributed by atoms with Crippen LogP contribution in [0, 0.1) is 11.8 Å². The Morgan fingerprint density at radius 1 is 0.615 bits per heavy atom. The quantitative estimate of drug-likeness (QED) is 0.0814. The maximum atomic E-state index is 14.9. The highest BCUT2D eigenvalue weighted by atomic mass is 16.4. The zero-order valence-electron chi connectivity index (χ0n) is 44.0. The van der Waals surface area contributed by atoms with Crippen molar-refractivity contribution >= 4 is 88.8 Å². The maximum absolute atomic E-state index is 14.9. The average molecular weight is 1110 g/mol. The van der Waals surface area contributed by atoms with E-state index in [2.05, 4.69) is 42.5 Å². The van der Waals surface area contributed by atoms with Gasteiger partial charge in [-0.3, -0.25) is 71.9 Å². The third kappa shape index (κ3) is 18.3. The van der Waals surface area contributed by atoms with E-state index in [0.717, 1.165) is 11.8 Å². The number of nitrogens with one attached hydrogen (secondary N) is 10. The minimum absolute atomic E-state index is 0.00799. The van der Waals surface area contributed by atoms with Crippen LogP contribution in [0.15, 0.2) is 0 Å². The number of primary amides is 1. The van der Waals surface area contributed by atoms with Crippen LogP contribution in [0.5, 0.6) is 0 Å². The lowest BCUT2D eigenvalue weighted by atomic mass is 9.96. The summed E-state index contributed by atoms with van der Waals surface area (Å²) >= 11 is 0. The second-order valence-electron chi connectivity index (χ2n) is 19.6. The van der Waals surface area contributed by atoms with Crippen molar-refractivity contribution < 1.29 is 87.2 Å². The molecule has 32 nitrogen and oxygen atoms in total. The highest BCUT2D eigenvalue weighted by Crippen LogP contribution is 2.23. The third-order valence-electron chi connectivity index (χ3n) is 13.1. The molecule has 3 rings (SSSR count).